The first-order valence-corrected chi connectivity index (χ1v) is 9.00. The fourth-order valence-electron chi connectivity index (χ4n) is 2.21. The fourth-order valence-corrected chi connectivity index (χ4v) is 2.87. The van der Waals surface area contributed by atoms with E-state index in [0.717, 1.165) is 17.0 Å². The summed E-state index contributed by atoms with van der Waals surface area (Å²) in [7, 11) is 3.57. The van der Waals surface area contributed by atoms with E-state index in [9.17, 15) is 13.2 Å². The van der Waals surface area contributed by atoms with Gasteiger partial charge in [-0.3, -0.25) is 5.32 Å². The molecule has 0 saturated heterocycles. The van der Waals surface area contributed by atoms with E-state index < -0.39 is 11.7 Å². The van der Waals surface area contributed by atoms with Crippen LogP contribution in [-0.4, -0.2) is 34.0 Å². The van der Waals surface area contributed by atoms with Crippen molar-refractivity contribution in [3.8, 4) is 0 Å². The van der Waals surface area contributed by atoms with Gasteiger partial charge in [0.2, 0.25) is 11.9 Å². The van der Waals surface area contributed by atoms with Crippen molar-refractivity contribution in [3.63, 3.8) is 0 Å². The molecule has 3 aromatic rings. The number of rotatable bonds is 5. The van der Waals surface area contributed by atoms with Gasteiger partial charge in [0.1, 0.15) is 0 Å². The number of aromatic nitrogens is 4. The summed E-state index contributed by atoms with van der Waals surface area (Å²) >= 11 is 1.46. The number of nitrogens with one attached hydrogen (secondary N) is 1. The van der Waals surface area contributed by atoms with Crippen molar-refractivity contribution in [2.24, 2.45) is 0 Å². The largest absolute Gasteiger partial charge is 0.416 e. The summed E-state index contributed by atoms with van der Waals surface area (Å²) in [5, 5.41) is 3.66. The van der Waals surface area contributed by atoms with Crippen LogP contribution in [0.1, 0.15) is 21.8 Å². The molecule has 0 radical (unpaired) electrons. The summed E-state index contributed by atoms with van der Waals surface area (Å²) in [5.41, 5.74) is -0.313. The second kappa shape index (κ2) is 7.93. The molecule has 0 atom stereocenters. The van der Waals surface area contributed by atoms with E-state index in [0.29, 0.717) is 28.4 Å². The van der Waals surface area contributed by atoms with Crippen molar-refractivity contribution in [2.45, 2.75) is 13.1 Å². The molecule has 0 aliphatic carbocycles. The average molecular weight is 406 g/mol. The van der Waals surface area contributed by atoms with Crippen LogP contribution >= 0.6 is 11.3 Å². The number of halogens is 3. The van der Waals surface area contributed by atoms with Gasteiger partial charge in [-0.2, -0.15) is 28.1 Å². The van der Waals surface area contributed by atoms with E-state index >= 15 is 0 Å². The van der Waals surface area contributed by atoms with Gasteiger partial charge in [-0.25, -0.2) is 4.98 Å². The highest BCUT2D eigenvalue weighted by Crippen LogP contribution is 2.30. The Hall–Kier alpha value is -3.01. The summed E-state index contributed by atoms with van der Waals surface area (Å²) in [6, 6.07) is 5.04. The maximum absolute atomic E-state index is 12.9. The van der Waals surface area contributed by atoms with Crippen molar-refractivity contribution in [3.05, 3.63) is 52.3 Å². The molecular weight excluding hydrogens is 389 g/mol. The number of nitrogens with zero attached hydrogens (tertiary/aromatic N) is 5. The van der Waals surface area contributed by atoms with E-state index in [-0.39, 0.29) is 0 Å². The molecule has 2 heterocycles. The Bertz CT molecular complexity index is 997. The molecule has 0 aliphatic heterocycles. The average Bonchev–Trinajstić information content (AvgIpc) is 3.04. The lowest BCUT2D eigenvalue weighted by molar-refractivity contribution is -0.137. The molecule has 3 rings (SSSR count). The lowest BCUT2D eigenvalue weighted by Crippen LogP contribution is -2.15. The fraction of sp³-hybridized carbons (Fsp3) is 0.222. The van der Waals surface area contributed by atoms with Gasteiger partial charge < -0.3 is 4.90 Å². The Labute approximate surface area is 163 Å². The molecule has 0 unspecified atom stereocenters. The topological polar surface area (TPSA) is 66.8 Å². The van der Waals surface area contributed by atoms with Crippen LogP contribution in [-0.2, 0) is 6.18 Å². The summed E-state index contributed by atoms with van der Waals surface area (Å²) in [6.07, 6.45) is 0.414. The van der Waals surface area contributed by atoms with Crippen molar-refractivity contribution < 1.29 is 13.2 Å². The van der Waals surface area contributed by atoms with E-state index in [1.807, 2.05) is 6.92 Å². The van der Waals surface area contributed by atoms with E-state index in [4.69, 9.17) is 0 Å². The molecule has 28 heavy (non-hydrogen) atoms. The summed E-state index contributed by atoms with van der Waals surface area (Å²) in [4.78, 5) is 19.9. The van der Waals surface area contributed by atoms with Crippen molar-refractivity contribution in [1.82, 2.24) is 19.9 Å². The first-order chi connectivity index (χ1) is 13.2. The standard InChI is InChI=1S/C18H17F3N6S/c1-11-10-22-17(28-11)26-15-23-14(24-16(25-15)27(2)3)8-7-12-5-4-6-13(9-12)18(19,20)21/h4-10H,1-3H3,(H,22,23,24,25,26)/b8-7+. The molecule has 0 fully saturated rings. The smallest absolute Gasteiger partial charge is 0.347 e. The quantitative estimate of drug-likeness (QED) is 0.666. The van der Waals surface area contributed by atoms with Crippen molar-refractivity contribution in [2.75, 3.05) is 24.3 Å². The zero-order chi connectivity index (χ0) is 20.3. The van der Waals surface area contributed by atoms with Crippen LogP contribution in [0.4, 0.5) is 30.2 Å². The Morgan fingerprint density at radius 3 is 2.54 bits per heavy atom. The minimum Gasteiger partial charge on any atom is -0.347 e. The van der Waals surface area contributed by atoms with Gasteiger partial charge >= 0.3 is 6.18 Å². The van der Waals surface area contributed by atoms with E-state index in [2.05, 4.69) is 25.3 Å². The molecule has 2 aromatic heterocycles. The number of hydrogen-bond donors (Lipinski definition) is 1. The highest BCUT2D eigenvalue weighted by molar-refractivity contribution is 7.15. The predicted octanol–water partition coefficient (Wildman–Crippen LogP) is 4.64. The lowest BCUT2D eigenvalue weighted by Gasteiger charge is -2.11. The number of aryl methyl sites for hydroxylation is 1. The molecule has 0 aliphatic rings. The minimum atomic E-state index is -4.39. The van der Waals surface area contributed by atoms with Crippen LogP contribution in [0.5, 0.6) is 0 Å². The minimum absolute atomic E-state index is 0.303. The van der Waals surface area contributed by atoms with Gasteiger partial charge in [0.25, 0.3) is 0 Å². The summed E-state index contributed by atoms with van der Waals surface area (Å²) in [6.45, 7) is 1.94. The normalized spacial score (nSPS) is 11.8. The molecule has 146 valence electrons. The molecule has 6 nitrogen and oxygen atoms in total. The Kier molecular flexibility index (Phi) is 5.59. The third kappa shape index (κ3) is 5.03. The Morgan fingerprint density at radius 1 is 1.11 bits per heavy atom. The first-order valence-electron chi connectivity index (χ1n) is 8.19. The van der Waals surface area contributed by atoms with Gasteiger partial charge in [0.15, 0.2) is 11.0 Å². The number of thiazole rings is 1. The zero-order valence-electron chi connectivity index (χ0n) is 15.3. The Balaban J connectivity index is 1.89. The van der Waals surface area contributed by atoms with Crippen LogP contribution in [0.25, 0.3) is 12.2 Å². The third-order valence-corrected chi connectivity index (χ3v) is 4.35. The SMILES string of the molecule is Cc1cnc(Nc2nc(/C=C/c3cccc(C(F)(F)F)c3)nc(N(C)C)n2)s1. The summed E-state index contributed by atoms with van der Waals surface area (Å²) < 4.78 is 38.6. The Morgan fingerprint density at radius 2 is 1.89 bits per heavy atom. The van der Waals surface area contributed by atoms with Crippen LogP contribution < -0.4 is 10.2 Å². The highest BCUT2D eigenvalue weighted by atomic mass is 32.1. The zero-order valence-corrected chi connectivity index (χ0v) is 16.1. The summed E-state index contributed by atoms with van der Waals surface area (Å²) in [5.74, 6) is 1.03. The van der Waals surface area contributed by atoms with Crippen molar-refractivity contribution >= 4 is 40.5 Å². The van der Waals surface area contributed by atoms with E-state index in [1.54, 1.807) is 37.3 Å². The van der Waals surface area contributed by atoms with E-state index in [1.165, 1.54) is 23.5 Å². The van der Waals surface area contributed by atoms with Crippen LogP contribution in [0, 0.1) is 6.92 Å². The molecule has 0 bridgehead atoms. The van der Waals surface area contributed by atoms with Crippen molar-refractivity contribution in [1.29, 1.82) is 0 Å². The molecule has 10 heteroatoms. The van der Waals surface area contributed by atoms with Crippen LogP contribution in [0.15, 0.2) is 30.5 Å². The van der Waals surface area contributed by atoms with Gasteiger partial charge in [0, 0.05) is 25.2 Å². The highest BCUT2D eigenvalue weighted by Gasteiger charge is 2.30. The number of benzene rings is 1. The number of hydrogen-bond acceptors (Lipinski definition) is 7. The second-order valence-corrected chi connectivity index (χ2v) is 7.30. The van der Waals surface area contributed by atoms with Gasteiger partial charge in [-0.05, 0) is 30.7 Å². The van der Waals surface area contributed by atoms with Gasteiger partial charge in [0.05, 0.1) is 5.56 Å². The maximum atomic E-state index is 12.9. The van der Waals surface area contributed by atoms with Gasteiger partial charge in [-0.15, -0.1) is 11.3 Å². The molecule has 0 saturated carbocycles. The van der Waals surface area contributed by atoms with Crippen LogP contribution in [0.3, 0.4) is 0 Å². The molecular formula is C18H17F3N6S. The molecule has 0 amide bonds. The molecule has 0 spiro atoms. The number of alkyl halides is 3. The molecule has 1 aromatic carbocycles. The number of anilines is 3. The first kappa shape index (κ1) is 19.7. The second-order valence-electron chi connectivity index (χ2n) is 6.07. The van der Waals surface area contributed by atoms with Crippen LogP contribution in [0.2, 0.25) is 0 Å². The third-order valence-electron chi connectivity index (χ3n) is 3.52. The monoisotopic (exact) mass is 406 g/mol. The lowest BCUT2D eigenvalue weighted by atomic mass is 10.1. The molecule has 1 N–H and O–H groups in total. The predicted molar refractivity (Wildman–Crippen MR) is 105 cm³/mol. The maximum Gasteiger partial charge on any atom is 0.416 e. The van der Waals surface area contributed by atoms with Gasteiger partial charge in [-0.1, -0.05) is 18.2 Å².